The van der Waals surface area contributed by atoms with Crippen LogP contribution in [0, 0.1) is 27.3 Å². The van der Waals surface area contributed by atoms with Gasteiger partial charge in [0.15, 0.2) is 5.75 Å². The van der Waals surface area contributed by atoms with Gasteiger partial charge in [-0.15, -0.1) is 0 Å². The lowest BCUT2D eigenvalue weighted by molar-refractivity contribution is -0.385. The van der Waals surface area contributed by atoms with Crippen molar-refractivity contribution in [3.05, 3.63) is 69.5 Å². The zero-order valence-electron chi connectivity index (χ0n) is 10.7. The molecule has 0 radical (unpaired) electrons. The lowest BCUT2D eigenvalue weighted by Gasteiger charge is -2.02. The summed E-state index contributed by atoms with van der Waals surface area (Å²) in [4.78, 5) is 10.0. The Morgan fingerprint density at radius 2 is 2.05 bits per heavy atom. The highest BCUT2D eigenvalue weighted by atomic mass is 19.1. The summed E-state index contributed by atoms with van der Waals surface area (Å²) in [6.07, 6.45) is 1.32. The van der Waals surface area contributed by atoms with E-state index >= 15 is 0 Å². The van der Waals surface area contributed by atoms with Crippen LogP contribution in [0.1, 0.15) is 11.1 Å². The SMILES string of the molecule is N#CC(=Cc1ccc(O)c([N+](=O)[O-])c1)c1ccccc1F. The Kier molecular flexibility index (Phi) is 3.95. The van der Waals surface area contributed by atoms with Gasteiger partial charge in [-0.25, -0.2) is 4.39 Å². The van der Waals surface area contributed by atoms with Crippen LogP contribution in [0.25, 0.3) is 11.6 Å². The molecule has 0 saturated heterocycles. The van der Waals surface area contributed by atoms with E-state index in [1.165, 1.54) is 30.3 Å². The number of phenols is 1. The third-order valence-corrected chi connectivity index (χ3v) is 2.79. The van der Waals surface area contributed by atoms with Crippen molar-refractivity contribution in [2.24, 2.45) is 0 Å². The molecule has 2 aromatic rings. The highest BCUT2D eigenvalue weighted by molar-refractivity contribution is 5.90. The predicted molar refractivity (Wildman–Crippen MR) is 74.6 cm³/mol. The van der Waals surface area contributed by atoms with Crippen molar-refractivity contribution < 1.29 is 14.4 Å². The van der Waals surface area contributed by atoms with E-state index in [0.717, 1.165) is 12.1 Å². The normalized spacial score (nSPS) is 11.0. The van der Waals surface area contributed by atoms with Crippen molar-refractivity contribution >= 4 is 17.3 Å². The zero-order valence-corrected chi connectivity index (χ0v) is 10.7. The molecule has 6 heteroatoms. The van der Waals surface area contributed by atoms with Crippen molar-refractivity contribution in [1.82, 2.24) is 0 Å². The fourth-order valence-corrected chi connectivity index (χ4v) is 1.79. The van der Waals surface area contributed by atoms with E-state index in [1.54, 1.807) is 6.07 Å². The first-order chi connectivity index (χ1) is 10.0. The van der Waals surface area contributed by atoms with Crippen molar-refractivity contribution in [1.29, 1.82) is 5.26 Å². The molecule has 0 amide bonds. The number of nitriles is 1. The van der Waals surface area contributed by atoms with Crippen molar-refractivity contribution in [3.63, 3.8) is 0 Å². The van der Waals surface area contributed by atoms with Gasteiger partial charge in [0.1, 0.15) is 5.82 Å². The average Bonchev–Trinajstić information content (AvgIpc) is 2.47. The van der Waals surface area contributed by atoms with E-state index in [0.29, 0.717) is 5.56 Å². The smallest absolute Gasteiger partial charge is 0.311 e. The van der Waals surface area contributed by atoms with Crippen LogP contribution in [-0.2, 0) is 0 Å². The summed E-state index contributed by atoms with van der Waals surface area (Å²) in [6, 6.07) is 11.3. The largest absolute Gasteiger partial charge is 0.502 e. The second-order valence-electron chi connectivity index (χ2n) is 4.15. The topological polar surface area (TPSA) is 87.2 Å². The number of nitrogens with zero attached hydrogens (tertiary/aromatic N) is 2. The van der Waals surface area contributed by atoms with Gasteiger partial charge in [-0.05, 0) is 23.8 Å². The van der Waals surface area contributed by atoms with Crippen LogP contribution in [-0.4, -0.2) is 10.0 Å². The molecule has 0 aliphatic heterocycles. The minimum Gasteiger partial charge on any atom is -0.502 e. The molecule has 5 nitrogen and oxygen atoms in total. The fraction of sp³-hybridized carbons (Fsp3) is 0. The molecule has 0 saturated carbocycles. The summed E-state index contributed by atoms with van der Waals surface area (Å²) in [7, 11) is 0. The summed E-state index contributed by atoms with van der Waals surface area (Å²) < 4.78 is 13.7. The molecule has 0 aromatic heterocycles. The second kappa shape index (κ2) is 5.84. The molecular weight excluding hydrogens is 275 g/mol. The Bertz CT molecular complexity index is 779. The monoisotopic (exact) mass is 284 g/mol. The van der Waals surface area contributed by atoms with Crippen LogP contribution in [0.4, 0.5) is 10.1 Å². The Hall–Kier alpha value is -3.20. The van der Waals surface area contributed by atoms with Gasteiger partial charge < -0.3 is 5.11 Å². The molecule has 0 aliphatic rings. The fourth-order valence-electron chi connectivity index (χ4n) is 1.79. The van der Waals surface area contributed by atoms with Crippen LogP contribution in [0.5, 0.6) is 5.75 Å². The molecule has 0 heterocycles. The first-order valence-corrected chi connectivity index (χ1v) is 5.87. The number of aromatic hydroxyl groups is 1. The number of hydrogen-bond donors (Lipinski definition) is 1. The lowest BCUT2D eigenvalue weighted by Crippen LogP contribution is -1.90. The third-order valence-electron chi connectivity index (χ3n) is 2.79. The Balaban J connectivity index is 2.52. The standard InChI is InChI=1S/C15H9FN2O3/c16-13-4-2-1-3-12(13)11(9-17)7-10-5-6-15(19)14(8-10)18(20)21/h1-8,19H. The molecule has 0 unspecified atom stereocenters. The van der Waals surface area contributed by atoms with Gasteiger partial charge in [-0.1, -0.05) is 24.3 Å². The van der Waals surface area contributed by atoms with Crippen molar-refractivity contribution in [2.45, 2.75) is 0 Å². The van der Waals surface area contributed by atoms with Gasteiger partial charge in [-0.2, -0.15) is 5.26 Å². The highest BCUT2D eigenvalue weighted by Gasteiger charge is 2.14. The van der Waals surface area contributed by atoms with E-state index in [9.17, 15) is 19.6 Å². The molecular formula is C15H9FN2O3. The Morgan fingerprint density at radius 1 is 1.33 bits per heavy atom. The maximum absolute atomic E-state index is 13.7. The average molecular weight is 284 g/mol. The summed E-state index contributed by atoms with van der Waals surface area (Å²) in [5.41, 5.74) is -0.0160. The Labute approximate surface area is 119 Å². The number of benzene rings is 2. The maximum atomic E-state index is 13.7. The first kappa shape index (κ1) is 14.2. The Morgan fingerprint density at radius 3 is 2.67 bits per heavy atom. The molecule has 0 atom stereocenters. The summed E-state index contributed by atoms with van der Waals surface area (Å²) in [5.74, 6) is -1.03. The van der Waals surface area contributed by atoms with E-state index in [4.69, 9.17) is 5.26 Å². The predicted octanol–water partition coefficient (Wildman–Crippen LogP) is 3.50. The van der Waals surface area contributed by atoms with Crippen LogP contribution in [0.3, 0.4) is 0 Å². The van der Waals surface area contributed by atoms with E-state index in [1.807, 2.05) is 6.07 Å². The van der Waals surface area contributed by atoms with Gasteiger partial charge >= 0.3 is 5.69 Å². The molecule has 21 heavy (non-hydrogen) atoms. The molecule has 1 N–H and O–H groups in total. The van der Waals surface area contributed by atoms with Crippen molar-refractivity contribution in [2.75, 3.05) is 0 Å². The number of hydrogen-bond acceptors (Lipinski definition) is 4. The van der Waals surface area contributed by atoms with Gasteiger partial charge in [0.05, 0.1) is 16.6 Å². The first-order valence-electron chi connectivity index (χ1n) is 5.87. The minimum atomic E-state index is -0.734. The molecule has 0 aliphatic carbocycles. The minimum absolute atomic E-state index is 0.0353. The van der Waals surface area contributed by atoms with Crippen LogP contribution >= 0.6 is 0 Å². The lowest BCUT2D eigenvalue weighted by atomic mass is 10.0. The van der Waals surface area contributed by atoms with Gasteiger partial charge in [0.2, 0.25) is 0 Å². The summed E-state index contributed by atoms with van der Waals surface area (Å²) >= 11 is 0. The number of phenolic OH excluding ortho intramolecular Hbond substituents is 1. The van der Waals surface area contributed by atoms with Gasteiger partial charge in [-0.3, -0.25) is 10.1 Å². The number of halogens is 1. The highest BCUT2D eigenvalue weighted by Crippen LogP contribution is 2.28. The van der Waals surface area contributed by atoms with Gasteiger partial charge in [0.25, 0.3) is 0 Å². The molecule has 0 bridgehead atoms. The molecule has 2 aromatic carbocycles. The molecule has 0 fully saturated rings. The maximum Gasteiger partial charge on any atom is 0.311 e. The van der Waals surface area contributed by atoms with Crippen LogP contribution < -0.4 is 0 Å². The molecule has 104 valence electrons. The van der Waals surface area contributed by atoms with E-state index in [-0.39, 0.29) is 11.1 Å². The van der Waals surface area contributed by atoms with Crippen LogP contribution in [0.15, 0.2) is 42.5 Å². The van der Waals surface area contributed by atoms with Crippen molar-refractivity contribution in [3.8, 4) is 11.8 Å². The number of allylic oxidation sites excluding steroid dienone is 1. The van der Waals surface area contributed by atoms with Gasteiger partial charge in [0, 0.05) is 11.6 Å². The second-order valence-corrected chi connectivity index (χ2v) is 4.15. The van der Waals surface area contributed by atoms with E-state index in [2.05, 4.69) is 0 Å². The number of rotatable bonds is 3. The number of nitro benzene ring substituents is 1. The summed E-state index contributed by atoms with van der Waals surface area (Å²) in [6.45, 7) is 0. The summed E-state index contributed by atoms with van der Waals surface area (Å²) in [5, 5.41) is 29.3. The quantitative estimate of drug-likeness (QED) is 0.404. The van der Waals surface area contributed by atoms with Crippen LogP contribution in [0.2, 0.25) is 0 Å². The van der Waals surface area contributed by atoms with E-state index < -0.39 is 22.2 Å². The third kappa shape index (κ3) is 3.04. The molecule has 0 spiro atoms. The number of nitro groups is 1. The molecule has 2 rings (SSSR count). The zero-order chi connectivity index (χ0) is 15.4.